The van der Waals surface area contributed by atoms with Crippen molar-refractivity contribution in [3.05, 3.63) is 71.8 Å². The second-order valence-corrected chi connectivity index (χ2v) is 9.91. The molecule has 178 valence electrons. The van der Waals surface area contributed by atoms with Gasteiger partial charge in [0.2, 0.25) is 0 Å². The highest BCUT2D eigenvalue weighted by Crippen LogP contribution is 2.42. The minimum absolute atomic E-state index is 0.00160. The minimum Gasteiger partial charge on any atom is -0.462 e. The summed E-state index contributed by atoms with van der Waals surface area (Å²) in [6, 6.07) is 21.3. The van der Waals surface area contributed by atoms with E-state index in [-0.39, 0.29) is 29.1 Å². The van der Waals surface area contributed by atoms with E-state index in [4.69, 9.17) is 4.74 Å². The minimum atomic E-state index is -0.137. The van der Waals surface area contributed by atoms with Crippen LogP contribution in [0.5, 0.6) is 0 Å². The molecule has 4 unspecified atom stereocenters. The average Bonchev–Trinajstić information content (AvgIpc) is 2.86. The summed E-state index contributed by atoms with van der Waals surface area (Å²) in [6.07, 6.45) is 7.76. The topological polar surface area (TPSA) is 50.4 Å². The number of ether oxygens (including phenoxy) is 1. The fourth-order valence-corrected chi connectivity index (χ4v) is 6.30. The molecule has 2 aliphatic carbocycles. The Bertz CT molecular complexity index is 879. The van der Waals surface area contributed by atoms with E-state index in [1.54, 1.807) is 0 Å². The van der Waals surface area contributed by atoms with Crippen LogP contribution in [0.4, 0.5) is 0 Å². The van der Waals surface area contributed by atoms with Crippen molar-refractivity contribution in [2.75, 3.05) is 13.1 Å². The Balaban J connectivity index is 1.47. The smallest absolute Gasteiger partial charge is 0.309 e. The number of esters is 1. The predicted molar refractivity (Wildman–Crippen MR) is 134 cm³/mol. The first-order chi connectivity index (χ1) is 16.1. The third-order valence-electron chi connectivity index (χ3n) is 7.76. The molecule has 2 saturated carbocycles. The Morgan fingerprint density at radius 2 is 1.33 bits per heavy atom. The second-order valence-electron chi connectivity index (χ2n) is 9.91. The van der Waals surface area contributed by atoms with Crippen molar-refractivity contribution in [1.82, 2.24) is 10.6 Å². The average molecular weight is 449 g/mol. The molecular formula is C29H40N2O2. The zero-order chi connectivity index (χ0) is 23.2. The van der Waals surface area contributed by atoms with Gasteiger partial charge in [0.25, 0.3) is 0 Å². The van der Waals surface area contributed by atoms with Crippen LogP contribution in [0.1, 0.15) is 76.3 Å². The molecule has 2 aliphatic rings. The Morgan fingerprint density at radius 1 is 0.818 bits per heavy atom. The highest BCUT2D eigenvalue weighted by Gasteiger charge is 2.43. The Kier molecular flexibility index (Phi) is 7.87. The molecule has 2 N–H and O–H groups in total. The predicted octanol–water partition coefficient (Wildman–Crippen LogP) is 5.67. The second kappa shape index (κ2) is 10.8. The monoisotopic (exact) mass is 448 g/mol. The summed E-state index contributed by atoms with van der Waals surface area (Å²) in [4.78, 5) is 13.4. The number of hydrogen-bond donors (Lipinski definition) is 2. The summed E-state index contributed by atoms with van der Waals surface area (Å²) in [5.41, 5.74) is 2.35. The maximum absolute atomic E-state index is 13.4. The standard InChI is InChI=1S/C29H40N2O2/c1-3-30-28(24-14-7-5-8-15-24)19-11-13-23(21-28)27(32)33-26-18-12-20-29(22-26,31-4-2)25-16-9-6-10-17-25/h5-10,14-17,23,26,30-31H,3-4,11-13,18-22H2,1-2H3. The fourth-order valence-electron chi connectivity index (χ4n) is 6.30. The van der Waals surface area contributed by atoms with Crippen molar-refractivity contribution in [3.8, 4) is 0 Å². The van der Waals surface area contributed by atoms with Gasteiger partial charge < -0.3 is 15.4 Å². The van der Waals surface area contributed by atoms with Gasteiger partial charge >= 0.3 is 5.97 Å². The largest absolute Gasteiger partial charge is 0.462 e. The molecule has 2 fully saturated rings. The van der Waals surface area contributed by atoms with Crippen molar-refractivity contribution < 1.29 is 9.53 Å². The van der Waals surface area contributed by atoms with Gasteiger partial charge in [-0.1, -0.05) is 80.9 Å². The van der Waals surface area contributed by atoms with Crippen molar-refractivity contribution in [2.45, 2.75) is 82.4 Å². The summed E-state index contributed by atoms with van der Waals surface area (Å²) >= 11 is 0. The first kappa shape index (κ1) is 24.0. The number of carbonyl (C=O) groups is 1. The SMILES string of the molecule is CCNC1(c2ccccc2)CCCC(OC(=O)C2CCCC(NCC)(c3ccccc3)C2)C1. The molecule has 0 spiro atoms. The summed E-state index contributed by atoms with van der Waals surface area (Å²) in [5, 5.41) is 7.48. The van der Waals surface area contributed by atoms with E-state index in [2.05, 4.69) is 85.1 Å². The highest BCUT2D eigenvalue weighted by molar-refractivity contribution is 5.73. The van der Waals surface area contributed by atoms with Gasteiger partial charge in [-0.25, -0.2) is 0 Å². The molecule has 0 saturated heterocycles. The fraction of sp³-hybridized carbons (Fsp3) is 0.552. The molecule has 2 aromatic rings. The van der Waals surface area contributed by atoms with Gasteiger partial charge in [0.05, 0.1) is 5.92 Å². The first-order valence-corrected chi connectivity index (χ1v) is 12.9. The summed E-state index contributed by atoms with van der Waals surface area (Å²) in [6.45, 7) is 6.10. The van der Waals surface area contributed by atoms with Crippen molar-refractivity contribution in [2.24, 2.45) is 5.92 Å². The van der Waals surface area contributed by atoms with Gasteiger partial charge in [0.15, 0.2) is 0 Å². The molecule has 0 bridgehead atoms. The molecule has 2 aromatic carbocycles. The van der Waals surface area contributed by atoms with E-state index >= 15 is 0 Å². The number of carbonyl (C=O) groups excluding carboxylic acids is 1. The molecular weight excluding hydrogens is 408 g/mol. The Morgan fingerprint density at radius 3 is 1.88 bits per heavy atom. The third kappa shape index (κ3) is 5.33. The number of benzene rings is 2. The maximum Gasteiger partial charge on any atom is 0.309 e. The van der Waals surface area contributed by atoms with Crippen molar-refractivity contribution in [1.29, 1.82) is 0 Å². The summed E-state index contributed by atoms with van der Waals surface area (Å²) < 4.78 is 6.25. The number of nitrogens with one attached hydrogen (secondary N) is 2. The van der Waals surface area contributed by atoms with E-state index in [0.29, 0.717) is 0 Å². The van der Waals surface area contributed by atoms with Crippen LogP contribution in [0.3, 0.4) is 0 Å². The van der Waals surface area contributed by atoms with Gasteiger partial charge in [0, 0.05) is 17.5 Å². The maximum atomic E-state index is 13.4. The van der Waals surface area contributed by atoms with Crippen LogP contribution < -0.4 is 10.6 Å². The van der Waals surface area contributed by atoms with Gasteiger partial charge in [-0.15, -0.1) is 0 Å². The number of rotatable bonds is 8. The van der Waals surface area contributed by atoms with Gasteiger partial charge in [-0.3, -0.25) is 4.79 Å². The molecule has 33 heavy (non-hydrogen) atoms. The lowest BCUT2D eigenvalue weighted by molar-refractivity contribution is -0.159. The lowest BCUT2D eigenvalue weighted by Gasteiger charge is -2.43. The summed E-state index contributed by atoms with van der Waals surface area (Å²) in [5.74, 6) is -0.0524. The molecule has 0 aliphatic heterocycles. The normalized spacial score (nSPS) is 30.0. The first-order valence-electron chi connectivity index (χ1n) is 12.9. The zero-order valence-corrected chi connectivity index (χ0v) is 20.3. The summed E-state index contributed by atoms with van der Waals surface area (Å²) in [7, 11) is 0. The molecule has 0 heterocycles. The van der Waals surface area contributed by atoms with Crippen LogP contribution in [0.15, 0.2) is 60.7 Å². The molecule has 4 heteroatoms. The number of hydrogen-bond acceptors (Lipinski definition) is 4. The molecule has 0 amide bonds. The third-order valence-corrected chi connectivity index (χ3v) is 7.76. The van der Waals surface area contributed by atoms with Crippen LogP contribution in [0.2, 0.25) is 0 Å². The van der Waals surface area contributed by atoms with Crippen LogP contribution in [-0.4, -0.2) is 25.2 Å². The zero-order valence-electron chi connectivity index (χ0n) is 20.3. The Labute approximate surface area is 199 Å². The van der Waals surface area contributed by atoms with Crippen molar-refractivity contribution in [3.63, 3.8) is 0 Å². The highest BCUT2D eigenvalue weighted by atomic mass is 16.5. The van der Waals surface area contributed by atoms with Crippen LogP contribution >= 0.6 is 0 Å². The van der Waals surface area contributed by atoms with Crippen LogP contribution in [0, 0.1) is 5.92 Å². The van der Waals surface area contributed by atoms with Gasteiger partial charge in [-0.2, -0.15) is 0 Å². The lowest BCUT2D eigenvalue weighted by Crippen LogP contribution is -2.49. The van der Waals surface area contributed by atoms with E-state index < -0.39 is 0 Å². The van der Waals surface area contributed by atoms with E-state index in [1.807, 2.05) is 0 Å². The van der Waals surface area contributed by atoms with Gasteiger partial charge in [0.1, 0.15) is 6.10 Å². The molecule has 4 atom stereocenters. The van der Waals surface area contributed by atoms with Crippen LogP contribution in [0.25, 0.3) is 0 Å². The quantitative estimate of drug-likeness (QED) is 0.511. The molecule has 4 rings (SSSR count). The van der Waals surface area contributed by atoms with E-state index in [9.17, 15) is 4.79 Å². The Hall–Kier alpha value is -2.17. The molecule has 0 radical (unpaired) electrons. The van der Waals surface area contributed by atoms with E-state index in [1.165, 1.54) is 11.1 Å². The molecule has 4 nitrogen and oxygen atoms in total. The van der Waals surface area contributed by atoms with E-state index in [0.717, 1.165) is 64.5 Å². The molecule has 0 aromatic heterocycles. The van der Waals surface area contributed by atoms with Crippen LogP contribution in [-0.2, 0) is 20.6 Å². The van der Waals surface area contributed by atoms with Crippen molar-refractivity contribution >= 4 is 5.97 Å². The van der Waals surface area contributed by atoms with Gasteiger partial charge in [-0.05, 0) is 62.7 Å². The lowest BCUT2D eigenvalue weighted by atomic mass is 9.71.